The summed E-state index contributed by atoms with van der Waals surface area (Å²) in [6.45, 7) is 5.43. The fourth-order valence-electron chi connectivity index (χ4n) is 3.10. The summed E-state index contributed by atoms with van der Waals surface area (Å²) < 4.78 is 2.18. The maximum atomic E-state index is 4.75. The third-order valence-corrected chi connectivity index (χ3v) is 4.34. The van der Waals surface area contributed by atoms with Crippen molar-refractivity contribution in [3.63, 3.8) is 0 Å². The van der Waals surface area contributed by atoms with Gasteiger partial charge in [-0.3, -0.25) is 4.90 Å². The third-order valence-electron chi connectivity index (χ3n) is 4.34. The SMILES string of the molecule is Cc1cccc2nc(CN3CCC[C@H](N(C)C)C3)cn12. The molecule has 0 aromatic carbocycles. The standard InChI is InChI=1S/C16H24N4/c1-13-6-4-8-16-17-14(11-20(13)16)10-19-9-5-7-15(12-19)18(2)3/h4,6,8,11,15H,5,7,9-10,12H2,1-3H3/t15-/m0/s1. The summed E-state index contributed by atoms with van der Waals surface area (Å²) in [5.41, 5.74) is 3.48. The van der Waals surface area contributed by atoms with Crippen LogP contribution in [0.4, 0.5) is 0 Å². The highest BCUT2D eigenvalue weighted by Crippen LogP contribution is 2.17. The number of aryl methyl sites for hydroxylation is 1. The molecule has 0 unspecified atom stereocenters. The van der Waals surface area contributed by atoms with Crippen LogP contribution in [0.2, 0.25) is 0 Å². The van der Waals surface area contributed by atoms with Crippen LogP contribution in [0.25, 0.3) is 5.65 Å². The predicted molar refractivity (Wildman–Crippen MR) is 81.9 cm³/mol. The van der Waals surface area contributed by atoms with Crippen LogP contribution in [-0.4, -0.2) is 52.4 Å². The quantitative estimate of drug-likeness (QED) is 0.855. The lowest BCUT2D eigenvalue weighted by atomic mass is 10.0. The normalized spacial score (nSPS) is 20.9. The first-order chi connectivity index (χ1) is 9.63. The lowest BCUT2D eigenvalue weighted by Crippen LogP contribution is -2.44. The topological polar surface area (TPSA) is 23.8 Å². The van der Waals surface area contributed by atoms with Gasteiger partial charge < -0.3 is 9.30 Å². The van der Waals surface area contributed by atoms with Gasteiger partial charge in [-0.25, -0.2) is 4.98 Å². The van der Waals surface area contributed by atoms with Crippen molar-refractivity contribution in [1.29, 1.82) is 0 Å². The van der Waals surface area contributed by atoms with E-state index in [-0.39, 0.29) is 0 Å². The molecule has 1 atom stereocenters. The summed E-state index contributed by atoms with van der Waals surface area (Å²) in [5, 5.41) is 0. The fraction of sp³-hybridized carbons (Fsp3) is 0.562. The van der Waals surface area contributed by atoms with Gasteiger partial charge in [0, 0.05) is 31.0 Å². The number of nitrogens with zero attached hydrogens (tertiary/aromatic N) is 4. The van der Waals surface area contributed by atoms with Crippen LogP contribution in [0.3, 0.4) is 0 Å². The second kappa shape index (κ2) is 5.54. The highest BCUT2D eigenvalue weighted by Gasteiger charge is 2.21. The largest absolute Gasteiger partial charge is 0.305 e. The summed E-state index contributed by atoms with van der Waals surface area (Å²) in [6, 6.07) is 6.96. The minimum atomic E-state index is 0.683. The summed E-state index contributed by atoms with van der Waals surface area (Å²) in [7, 11) is 4.37. The van der Waals surface area contributed by atoms with E-state index in [2.05, 4.69) is 59.6 Å². The Morgan fingerprint density at radius 3 is 2.95 bits per heavy atom. The van der Waals surface area contributed by atoms with Crippen LogP contribution in [0.15, 0.2) is 24.4 Å². The van der Waals surface area contributed by atoms with E-state index in [0.717, 1.165) is 18.7 Å². The van der Waals surface area contributed by atoms with E-state index >= 15 is 0 Å². The number of piperidine rings is 1. The lowest BCUT2D eigenvalue weighted by Gasteiger charge is -2.35. The Morgan fingerprint density at radius 2 is 2.20 bits per heavy atom. The average Bonchev–Trinajstić information content (AvgIpc) is 2.83. The molecule has 3 rings (SSSR count). The van der Waals surface area contributed by atoms with Gasteiger partial charge in [-0.05, 0) is 52.5 Å². The Kier molecular flexibility index (Phi) is 3.76. The van der Waals surface area contributed by atoms with Gasteiger partial charge in [-0.2, -0.15) is 0 Å². The summed E-state index contributed by atoms with van der Waals surface area (Å²) in [6.07, 6.45) is 4.78. The van der Waals surface area contributed by atoms with Crippen molar-refractivity contribution < 1.29 is 0 Å². The zero-order valence-corrected chi connectivity index (χ0v) is 12.7. The third kappa shape index (κ3) is 2.72. The molecule has 3 heterocycles. The van der Waals surface area contributed by atoms with Crippen molar-refractivity contribution in [1.82, 2.24) is 19.2 Å². The summed E-state index contributed by atoms with van der Waals surface area (Å²) >= 11 is 0. The molecule has 1 fully saturated rings. The molecule has 0 spiro atoms. The van der Waals surface area contributed by atoms with Crippen molar-refractivity contribution >= 4 is 5.65 Å². The molecule has 2 aromatic rings. The van der Waals surface area contributed by atoms with Gasteiger partial charge in [0.2, 0.25) is 0 Å². The Bertz CT molecular complexity index is 587. The van der Waals surface area contributed by atoms with Crippen molar-refractivity contribution in [3.05, 3.63) is 35.8 Å². The Hall–Kier alpha value is -1.39. The number of imidazole rings is 1. The minimum absolute atomic E-state index is 0.683. The molecule has 0 bridgehead atoms. The van der Waals surface area contributed by atoms with Crippen LogP contribution in [0.1, 0.15) is 24.2 Å². The molecular formula is C16H24N4. The van der Waals surface area contributed by atoms with Gasteiger partial charge in [-0.1, -0.05) is 6.07 Å². The van der Waals surface area contributed by atoms with E-state index in [0.29, 0.717) is 6.04 Å². The molecule has 1 aliphatic heterocycles. The maximum absolute atomic E-state index is 4.75. The maximum Gasteiger partial charge on any atom is 0.137 e. The number of likely N-dealkylation sites (N-methyl/N-ethyl adjacent to an activating group) is 1. The second-order valence-corrected chi connectivity index (χ2v) is 6.12. The number of hydrogen-bond acceptors (Lipinski definition) is 3. The van der Waals surface area contributed by atoms with Gasteiger partial charge in [0.15, 0.2) is 0 Å². The Labute approximate surface area is 121 Å². The van der Waals surface area contributed by atoms with E-state index in [1.54, 1.807) is 0 Å². The van der Waals surface area contributed by atoms with Crippen molar-refractivity contribution in [2.75, 3.05) is 27.2 Å². The Balaban J connectivity index is 1.74. The van der Waals surface area contributed by atoms with E-state index in [1.807, 2.05) is 0 Å². The number of pyridine rings is 1. The first-order valence-electron chi connectivity index (χ1n) is 7.46. The number of likely N-dealkylation sites (tertiary alicyclic amines) is 1. The van der Waals surface area contributed by atoms with E-state index in [1.165, 1.54) is 30.8 Å². The smallest absolute Gasteiger partial charge is 0.137 e. The molecule has 20 heavy (non-hydrogen) atoms. The second-order valence-electron chi connectivity index (χ2n) is 6.12. The minimum Gasteiger partial charge on any atom is -0.305 e. The van der Waals surface area contributed by atoms with Crippen LogP contribution in [0, 0.1) is 6.92 Å². The van der Waals surface area contributed by atoms with Crippen LogP contribution in [-0.2, 0) is 6.54 Å². The molecule has 4 nitrogen and oxygen atoms in total. The molecule has 2 aromatic heterocycles. The molecule has 0 N–H and O–H groups in total. The predicted octanol–water partition coefficient (Wildman–Crippen LogP) is 2.17. The van der Waals surface area contributed by atoms with E-state index in [9.17, 15) is 0 Å². The fourth-order valence-corrected chi connectivity index (χ4v) is 3.10. The van der Waals surface area contributed by atoms with Crippen molar-refractivity contribution in [3.8, 4) is 0 Å². The van der Waals surface area contributed by atoms with Crippen LogP contribution < -0.4 is 0 Å². The average molecular weight is 272 g/mol. The van der Waals surface area contributed by atoms with Gasteiger partial charge in [-0.15, -0.1) is 0 Å². The highest BCUT2D eigenvalue weighted by molar-refractivity contribution is 5.41. The zero-order valence-electron chi connectivity index (χ0n) is 12.7. The van der Waals surface area contributed by atoms with E-state index < -0.39 is 0 Å². The molecule has 4 heteroatoms. The molecule has 1 aliphatic rings. The Morgan fingerprint density at radius 1 is 1.35 bits per heavy atom. The van der Waals surface area contributed by atoms with Crippen LogP contribution >= 0.6 is 0 Å². The van der Waals surface area contributed by atoms with Crippen LogP contribution in [0.5, 0.6) is 0 Å². The number of fused-ring (bicyclic) bond motifs is 1. The number of aromatic nitrogens is 2. The zero-order chi connectivity index (χ0) is 14.1. The summed E-state index contributed by atoms with van der Waals surface area (Å²) in [4.78, 5) is 9.63. The molecule has 0 aliphatic carbocycles. The van der Waals surface area contributed by atoms with Gasteiger partial charge in [0.1, 0.15) is 5.65 Å². The first kappa shape index (κ1) is 13.6. The van der Waals surface area contributed by atoms with Gasteiger partial charge in [0.05, 0.1) is 5.69 Å². The first-order valence-corrected chi connectivity index (χ1v) is 7.46. The van der Waals surface area contributed by atoms with Gasteiger partial charge in [0.25, 0.3) is 0 Å². The lowest BCUT2D eigenvalue weighted by molar-refractivity contribution is 0.127. The summed E-state index contributed by atoms with van der Waals surface area (Å²) in [5.74, 6) is 0. The number of rotatable bonds is 3. The van der Waals surface area contributed by atoms with Crippen molar-refractivity contribution in [2.45, 2.75) is 32.4 Å². The number of hydrogen-bond donors (Lipinski definition) is 0. The molecule has 0 amide bonds. The van der Waals surface area contributed by atoms with Gasteiger partial charge >= 0.3 is 0 Å². The molecule has 108 valence electrons. The highest BCUT2D eigenvalue weighted by atomic mass is 15.2. The molecule has 1 saturated heterocycles. The van der Waals surface area contributed by atoms with E-state index in [4.69, 9.17) is 4.98 Å². The monoisotopic (exact) mass is 272 g/mol. The molecular weight excluding hydrogens is 248 g/mol. The molecule has 0 saturated carbocycles. The van der Waals surface area contributed by atoms with Crippen molar-refractivity contribution in [2.24, 2.45) is 0 Å². The molecule has 0 radical (unpaired) electrons.